The monoisotopic (exact) mass is 309 g/mol. The van der Waals surface area contributed by atoms with Gasteiger partial charge in [-0.05, 0) is 43.1 Å². The fourth-order valence-corrected chi connectivity index (χ4v) is 2.90. The van der Waals surface area contributed by atoms with Crippen LogP contribution < -0.4 is 0 Å². The molecule has 0 amide bonds. The van der Waals surface area contributed by atoms with Crippen LogP contribution in [0, 0.1) is 5.92 Å². The van der Waals surface area contributed by atoms with Crippen LogP contribution in [0.25, 0.3) is 5.69 Å². The van der Waals surface area contributed by atoms with Crippen molar-refractivity contribution in [2.45, 2.75) is 25.6 Å². The highest BCUT2D eigenvalue weighted by Crippen LogP contribution is 2.33. The summed E-state index contributed by atoms with van der Waals surface area (Å²) in [6, 6.07) is 9.63. The van der Waals surface area contributed by atoms with E-state index in [-0.39, 0.29) is 13.0 Å². The van der Waals surface area contributed by atoms with Gasteiger partial charge in [0.1, 0.15) is 0 Å². The number of halogens is 3. The number of benzene rings is 1. The van der Waals surface area contributed by atoms with Crippen LogP contribution in [0.4, 0.5) is 13.2 Å². The van der Waals surface area contributed by atoms with Crippen molar-refractivity contribution in [2.24, 2.45) is 5.92 Å². The third-order valence-corrected chi connectivity index (χ3v) is 4.08. The molecule has 0 saturated carbocycles. The Morgan fingerprint density at radius 1 is 1.18 bits per heavy atom. The van der Waals surface area contributed by atoms with Crippen LogP contribution >= 0.6 is 0 Å². The van der Waals surface area contributed by atoms with Crippen molar-refractivity contribution >= 4 is 0 Å². The maximum Gasteiger partial charge on any atom is 0.393 e. The first-order chi connectivity index (χ1) is 10.5. The standard InChI is InChI=1S/C16H18F3N3/c17-16(18,19)14-3-1-9-21(12-14)11-13-4-6-15(7-5-13)22-10-2-8-20-22/h2,4-8,10,14H,1,3,9,11-12H2/t14-/m0/s1. The van der Waals surface area contributed by atoms with E-state index in [1.54, 1.807) is 10.9 Å². The van der Waals surface area contributed by atoms with E-state index in [1.807, 2.05) is 41.4 Å². The lowest BCUT2D eigenvalue weighted by molar-refractivity contribution is -0.187. The van der Waals surface area contributed by atoms with Gasteiger partial charge in [0.25, 0.3) is 0 Å². The van der Waals surface area contributed by atoms with Gasteiger partial charge in [0.2, 0.25) is 0 Å². The molecule has 2 aromatic rings. The van der Waals surface area contributed by atoms with E-state index >= 15 is 0 Å². The van der Waals surface area contributed by atoms with E-state index in [0.29, 0.717) is 13.0 Å². The molecule has 3 rings (SSSR count). The van der Waals surface area contributed by atoms with Gasteiger partial charge in [0, 0.05) is 25.5 Å². The number of alkyl halides is 3. The Morgan fingerprint density at radius 2 is 1.95 bits per heavy atom. The maximum absolute atomic E-state index is 12.8. The summed E-state index contributed by atoms with van der Waals surface area (Å²) in [5.41, 5.74) is 1.97. The Kier molecular flexibility index (Phi) is 4.20. The summed E-state index contributed by atoms with van der Waals surface area (Å²) in [5.74, 6) is -1.19. The van der Waals surface area contributed by atoms with Crippen molar-refractivity contribution in [3.05, 3.63) is 48.3 Å². The predicted octanol–water partition coefficient (Wildman–Crippen LogP) is 3.65. The maximum atomic E-state index is 12.8. The minimum Gasteiger partial charge on any atom is -0.298 e. The third-order valence-electron chi connectivity index (χ3n) is 4.08. The lowest BCUT2D eigenvalue weighted by Crippen LogP contribution is -2.41. The first kappa shape index (κ1) is 15.1. The highest BCUT2D eigenvalue weighted by atomic mass is 19.4. The molecule has 1 saturated heterocycles. The smallest absolute Gasteiger partial charge is 0.298 e. The van der Waals surface area contributed by atoms with Crippen molar-refractivity contribution in [2.75, 3.05) is 13.1 Å². The van der Waals surface area contributed by atoms with Crippen LogP contribution in [0.5, 0.6) is 0 Å². The first-order valence-corrected chi connectivity index (χ1v) is 7.40. The zero-order valence-corrected chi connectivity index (χ0v) is 12.1. The molecule has 6 heteroatoms. The average molecular weight is 309 g/mol. The molecule has 1 atom stereocenters. The molecule has 1 aliphatic heterocycles. The van der Waals surface area contributed by atoms with Crippen LogP contribution in [0.2, 0.25) is 0 Å². The normalized spacial score (nSPS) is 20.2. The van der Waals surface area contributed by atoms with E-state index in [4.69, 9.17) is 0 Å². The summed E-state index contributed by atoms with van der Waals surface area (Å²) in [7, 11) is 0. The van der Waals surface area contributed by atoms with E-state index in [0.717, 1.165) is 17.8 Å². The molecular weight excluding hydrogens is 291 g/mol. The summed E-state index contributed by atoms with van der Waals surface area (Å²) in [6.07, 6.45) is 0.336. The van der Waals surface area contributed by atoms with Gasteiger partial charge < -0.3 is 0 Å². The number of nitrogens with zero attached hydrogens (tertiary/aromatic N) is 3. The van der Waals surface area contributed by atoms with Crippen LogP contribution in [-0.4, -0.2) is 33.9 Å². The van der Waals surface area contributed by atoms with Crippen molar-refractivity contribution in [1.82, 2.24) is 14.7 Å². The molecule has 0 N–H and O–H groups in total. The van der Waals surface area contributed by atoms with Gasteiger partial charge >= 0.3 is 6.18 Å². The molecule has 1 aromatic heterocycles. The largest absolute Gasteiger partial charge is 0.393 e. The minimum atomic E-state index is -4.08. The van der Waals surface area contributed by atoms with Crippen LogP contribution in [-0.2, 0) is 6.54 Å². The zero-order valence-electron chi connectivity index (χ0n) is 12.1. The molecule has 0 aliphatic carbocycles. The molecule has 1 aliphatic rings. The summed E-state index contributed by atoms with van der Waals surface area (Å²) >= 11 is 0. The van der Waals surface area contributed by atoms with Gasteiger partial charge in [-0.1, -0.05) is 12.1 Å². The minimum absolute atomic E-state index is 0.102. The number of likely N-dealkylation sites (tertiary alicyclic amines) is 1. The van der Waals surface area contributed by atoms with Gasteiger partial charge in [0.15, 0.2) is 0 Å². The number of aromatic nitrogens is 2. The zero-order chi connectivity index (χ0) is 15.6. The fourth-order valence-electron chi connectivity index (χ4n) is 2.90. The Morgan fingerprint density at radius 3 is 2.59 bits per heavy atom. The summed E-state index contributed by atoms with van der Waals surface area (Å²) in [5, 5.41) is 4.15. The van der Waals surface area contributed by atoms with E-state index in [9.17, 15) is 13.2 Å². The number of hydrogen-bond donors (Lipinski definition) is 0. The Labute approximate surface area is 127 Å². The van der Waals surface area contributed by atoms with Gasteiger partial charge in [-0.2, -0.15) is 18.3 Å². The Bertz CT molecular complexity index is 590. The Balaban J connectivity index is 1.63. The lowest BCUT2D eigenvalue weighted by atomic mass is 9.97. The SMILES string of the molecule is FC(F)(F)[C@H]1CCCN(Cc2ccc(-n3cccn3)cc2)C1. The molecule has 2 heterocycles. The quantitative estimate of drug-likeness (QED) is 0.863. The lowest BCUT2D eigenvalue weighted by Gasteiger charge is -2.33. The van der Waals surface area contributed by atoms with Crippen LogP contribution in [0.15, 0.2) is 42.7 Å². The number of piperidine rings is 1. The summed E-state index contributed by atoms with van der Waals surface area (Å²) < 4.78 is 40.2. The molecule has 1 aromatic carbocycles. The first-order valence-electron chi connectivity index (χ1n) is 7.40. The van der Waals surface area contributed by atoms with Crippen LogP contribution in [0.1, 0.15) is 18.4 Å². The molecule has 118 valence electrons. The Hall–Kier alpha value is -1.82. The number of rotatable bonds is 3. The van der Waals surface area contributed by atoms with Crippen molar-refractivity contribution < 1.29 is 13.2 Å². The second kappa shape index (κ2) is 6.12. The van der Waals surface area contributed by atoms with Crippen LogP contribution in [0.3, 0.4) is 0 Å². The molecule has 3 nitrogen and oxygen atoms in total. The average Bonchev–Trinajstić information content (AvgIpc) is 3.02. The van der Waals surface area contributed by atoms with Gasteiger partial charge in [-0.25, -0.2) is 4.68 Å². The van der Waals surface area contributed by atoms with Gasteiger partial charge in [-0.15, -0.1) is 0 Å². The molecule has 0 spiro atoms. The van der Waals surface area contributed by atoms with E-state index < -0.39 is 12.1 Å². The summed E-state index contributed by atoms with van der Waals surface area (Å²) in [6.45, 7) is 1.39. The number of hydrogen-bond acceptors (Lipinski definition) is 2. The molecule has 22 heavy (non-hydrogen) atoms. The van der Waals surface area contributed by atoms with Crippen molar-refractivity contribution in [3.63, 3.8) is 0 Å². The van der Waals surface area contributed by atoms with Gasteiger partial charge in [-0.3, -0.25) is 4.90 Å². The highest BCUT2D eigenvalue weighted by Gasteiger charge is 2.41. The van der Waals surface area contributed by atoms with Crippen molar-refractivity contribution in [1.29, 1.82) is 0 Å². The fraction of sp³-hybridized carbons (Fsp3) is 0.438. The summed E-state index contributed by atoms with van der Waals surface area (Å²) in [4.78, 5) is 1.89. The van der Waals surface area contributed by atoms with E-state index in [1.165, 1.54) is 0 Å². The molecule has 0 radical (unpaired) electrons. The van der Waals surface area contributed by atoms with Gasteiger partial charge in [0.05, 0.1) is 11.6 Å². The van der Waals surface area contributed by atoms with E-state index in [2.05, 4.69) is 5.10 Å². The molecular formula is C16H18F3N3. The molecule has 1 fully saturated rings. The molecule has 0 bridgehead atoms. The second-order valence-electron chi connectivity index (χ2n) is 5.73. The molecule has 0 unspecified atom stereocenters. The second-order valence-corrected chi connectivity index (χ2v) is 5.73. The third kappa shape index (κ3) is 3.50. The predicted molar refractivity (Wildman–Crippen MR) is 77.6 cm³/mol. The topological polar surface area (TPSA) is 21.1 Å². The van der Waals surface area contributed by atoms with Crippen molar-refractivity contribution in [3.8, 4) is 5.69 Å². The highest BCUT2D eigenvalue weighted by molar-refractivity contribution is 5.33.